The van der Waals surface area contributed by atoms with E-state index in [2.05, 4.69) is 60.1 Å². The maximum atomic E-state index is 11.9. The van der Waals surface area contributed by atoms with Crippen LogP contribution < -0.4 is 10.1 Å². The summed E-state index contributed by atoms with van der Waals surface area (Å²) in [7, 11) is 0. The summed E-state index contributed by atoms with van der Waals surface area (Å²) in [5, 5.41) is 3.79. The molecule has 0 radical (unpaired) electrons. The number of carbonyl (C=O) groups excluding carboxylic acids is 1. The number of nitrogens with one attached hydrogen (secondary N) is 1. The lowest BCUT2D eigenvalue weighted by Crippen LogP contribution is -2.14. The van der Waals surface area contributed by atoms with Crippen molar-refractivity contribution >= 4 is 27.9 Å². The first-order chi connectivity index (χ1) is 14.5. The highest BCUT2D eigenvalue weighted by Gasteiger charge is 2.18. The minimum atomic E-state index is -0.105. The number of hydrogen-bond donors (Lipinski definition) is 1. The van der Waals surface area contributed by atoms with Gasteiger partial charge in [0, 0.05) is 18.2 Å². The molecular formula is C25H23N3OS. The second kappa shape index (κ2) is 8.51. The number of rotatable bonds is 4. The molecule has 4 aromatic rings. The summed E-state index contributed by atoms with van der Waals surface area (Å²) in [6.45, 7) is 5.66. The van der Waals surface area contributed by atoms with E-state index in [0.29, 0.717) is 0 Å². The first-order valence-corrected chi connectivity index (χ1v) is 10.6. The van der Waals surface area contributed by atoms with Crippen LogP contribution in [0, 0.1) is 13.8 Å². The topological polar surface area (TPSA) is 46.4 Å². The first-order valence-electron chi connectivity index (χ1n) is 9.78. The van der Waals surface area contributed by atoms with Gasteiger partial charge in [-0.2, -0.15) is 0 Å². The normalized spacial score (nSPS) is 11.5. The van der Waals surface area contributed by atoms with Crippen molar-refractivity contribution in [3.8, 4) is 16.9 Å². The van der Waals surface area contributed by atoms with E-state index in [1.807, 2.05) is 42.5 Å². The highest BCUT2D eigenvalue weighted by Crippen LogP contribution is 2.33. The number of aromatic nitrogens is 1. The quantitative estimate of drug-likeness (QED) is 0.437. The summed E-state index contributed by atoms with van der Waals surface area (Å²) < 4.78 is 2.12. The first kappa shape index (κ1) is 19.9. The molecule has 0 bridgehead atoms. The number of hydrogen-bond acceptors (Lipinski definition) is 3. The van der Waals surface area contributed by atoms with Gasteiger partial charge in [0.15, 0.2) is 4.80 Å². The zero-order chi connectivity index (χ0) is 21.1. The van der Waals surface area contributed by atoms with E-state index in [-0.39, 0.29) is 5.91 Å². The molecule has 0 saturated carbocycles. The van der Waals surface area contributed by atoms with Gasteiger partial charge >= 0.3 is 0 Å². The van der Waals surface area contributed by atoms with Gasteiger partial charge in [-0.3, -0.25) is 9.36 Å². The molecule has 1 amide bonds. The van der Waals surface area contributed by atoms with E-state index in [1.165, 1.54) is 29.4 Å². The highest BCUT2D eigenvalue weighted by molar-refractivity contribution is 7.14. The molecule has 3 aromatic carbocycles. The van der Waals surface area contributed by atoms with Crippen LogP contribution in [0.5, 0.6) is 0 Å². The summed E-state index contributed by atoms with van der Waals surface area (Å²) in [6.07, 6.45) is 0. The van der Waals surface area contributed by atoms with Crippen LogP contribution in [0.3, 0.4) is 0 Å². The maximum absolute atomic E-state index is 11.9. The standard InChI is InChI=1S/C25H23N3OS/c1-17-9-13-21(14-10-17)27-25-28(22-15-11-18(2)12-16-22)23(20-7-5-4-6-8-20)24(30-25)26-19(3)29/h4-16H,1-3H3,(H,26,29). The monoisotopic (exact) mass is 413 g/mol. The molecular weight excluding hydrogens is 390 g/mol. The van der Waals surface area contributed by atoms with Crippen LogP contribution in [0.2, 0.25) is 0 Å². The molecule has 30 heavy (non-hydrogen) atoms. The summed E-state index contributed by atoms with van der Waals surface area (Å²) in [5.74, 6) is -0.105. The maximum Gasteiger partial charge on any atom is 0.221 e. The van der Waals surface area contributed by atoms with Crippen molar-refractivity contribution in [2.24, 2.45) is 4.99 Å². The van der Waals surface area contributed by atoms with E-state index in [9.17, 15) is 4.79 Å². The fraction of sp³-hybridized carbons (Fsp3) is 0.120. The fourth-order valence-corrected chi connectivity index (χ4v) is 4.34. The van der Waals surface area contributed by atoms with Gasteiger partial charge in [0.05, 0.1) is 11.4 Å². The fourth-order valence-electron chi connectivity index (χ4n) is 3.22. The minimum Gasteiger partial charge on any atom is -0.316 e. The Morgan fingerprint density at radius 3 is 2.07 bits per heavy atom. The predicted molar refractivity (Wildman–Crippen MR) is 125 cm³/mol. The van der Waals surface area contributed by atoms with Gasteiger partial charge in [-0.15, -0.1) is 0 Å². The van der Waals surface area contributed by atoms with Gasteiger partial charge in [0.1, 0.15) is 5.00 Å². The van der Waals surface area contributed by atoms with E-state index in [0.717, 1.165) is 32.4 Å². The Labute approximate surface area is 180 Å². The Kier molecular flexibility index (Phi) is 5.63. The molecule has 0 atom stereocenters. The Morgan fingerprint density at radius 1 is 0.867 bits per heavy atom. The van der Waals surface area contributed by atoms with Crippen LogP contribution in [0.1, 0.15) is 18.1 Å². The third kappa shape index (κ3) is 4.26. The van der Waals surface area contributed by atoms with E-state index in [1.54, 1.807) is 0 Å². The summed E-state index contributed by atoms with van der Waals surface area (Å²) >= 11 is 1.47. The van der Waals surface area contributed by atoms with E-state index < -0.39 is 0 Å². The largest absolute Gasteiger partial charge is 0.316 e. The van der Waals surface area contributed by atoms with Crippen LogP contribution >= 0.6 is 11.3 Å². The SMILES string of the molecule is CC(=O)Nc1sc(=Nc2ccc(C)cc2)n(-c2ccc(C)cc2)c1-c1ccccc1. The predicted octanol–water partition coefficient (Wildman–Crippen LogP) is 6.01. The molecule has 0 saturated heterocycles. The molecule has 1 N–H and O–H groups in total. The smallest absolute Gasteiger partial charge is 0.221 e. The molecule has 0 fully saturated rings. The molecule has 1 aromatic heterocycles. The van der Waals surface area contributed by atoms with E-state index in [4.69, 9.17) is 4.99 Å². The third-order valence-corrected chi connectivity index (χ3v) is 5.67. The molecule has 0 aliphatic rings. The van der Waals surface area contributed by atoms with Crippen LogP contribution in [-0.2, 0) is 4.79 Å². The number of anilines is 1. The number of carbonyl (C=O) groups is 1. The second-order valence-electron chi connectivity index (χ2n) is 7.23. The lowest BCUT2D eigenvalue weighted by molar-refractivity contribution is -0.114. The van der Waals surface area contributed by atoms with Gasteiger partial charge in [0.25, 0.3) is 0 Å². The van der Waals surface area contributed by atoms with Crippen molar-refractivity contribution < 1.29 is 4.79 Å². The number of aryl methyl sites for hydroxylation is 2. The van der Waals surface area contributed by atoms with Crippen LogP contribution in [-0.4, -0.2) is 10.5 Å². The number of benzene rings is 3. The molecule has 150 valence electrons. The van der Waals surface area contributed by atoms with Gasteiger partial charge in [0.2, 0.25) is 5.91 Å². The third-order valence-electron chi connectivity index (χ3n) is 4.71. The number of thiazole rings is 1. The Hall–Kier alpha value is -3.44. The lowest BCUT2D eigenvalue weighted by atomic mass is 10.1. The van der Waals surface area contributed by atoms with Crippen molar-refractivity contribution in [1.29, 1.82) is 0 Å². The minimum absolute atomic E-state index is 0.105. The molecule has 0 spiro atoms. The van der Waals surface area contributed by atoms with Crippen molar-refractivity contribution in [3.05, 3.63) is 94.8 Å². The molecule has 5 heteroatoms. The van der Waals surface area contributed by atoms with Crippen LogP contribution in [0.4, 0.5) is 10.7 Å². The van der Waals surface area contributed by atoms with Crippen molar-refractivity contribution in [2.45, 2.75) is 20.8 Å². The Morgan fingerprint density at radius 2 is 1.47 bits per heavy atom. The molecule has 4 nitrogen and oxygen atoms in total. The number of nitrogens with zero attached hydrogens (tertiary/aromatic N) is 2. The second-order valence-corrected chi connectivity index (χ2v) is 8.21. The summed E-state index contributed by atoms with van der Waals surface area (Å²) in [4.78, 5) is 17.7. The Bertz CT molecular complexity index is 1230. The Balaban J connectivity index is 2.04. The molecule has 4 rings (SSSR count). The average molecular weight is 414 g/mol. The molecule has 0 aliphatic carbocycles. The van der Waals surface area contributed by atoms with Crippen molar-refractivity contribution in [2.75, 3.05) is 5.32 Å². The van der Waals surface area contributed by atoms with Crippen LogP contribution in [0.25, 0.3) is 16.9 Å². The van der Waals surface area contributed by atoms with Crippen molar-refractivity contribution in [1.82, 2.24) is 4.57 Å². The van der Waals surface area contributed by atoms with Gasteiger partial charge in [-0.1, -0.05) is 77.1 Å². The average Bonchev–Trinajstić information content (AvgIpc) is 3.08. The zero-order valence-corrected chi connectivity index (χ0v) is 18.0. The lowest BCUT2D eigenvalue weighted by Gasteiger charge is -2.12. The van der Waals surface area contributed by atoms with Gasteiger partial charge in [-0.05, 0) is 38.1 Å². The van der Waals surface area contributed by atoms with Crippen LogP contribution in [0.15, 0.2) is 83.9 Å². The zero-order valence-electron chi connectivity index (χ0n) is 17.2. The highest BCUT2D eigenvalue weighted by atomic mass is 32.1. The molecule has 1 heterocycles. The van der Waals surface area contributed by atoms with Gasteiger partial charge in [-0.25, -0.2) is 4.99 Å². The van der Waals surface area contributed by atoms with E-state index >= 15 is 0 Å². The molecule has 0 unspecified atom stereocenters. The van der Waals surface area contributed by atoms with Crippen molar-refractivity contribution in [3.63, 3.8) is 0 Å². The van der Waals surface area contributed by atoms with Gasteiger partial charge < -0.3 is 5.32 Å². The summed E-state index contributed by atoms with van der Waals surface area (Å²) in [6, 6.07) is 26.5. The molecule has 0 aliphatic heterocycles. The number of amides is 1. The summed E-state index contributed by atoms with van der Waals surface area (Å²) in [5.41, 5.74) is 6.19.